The largest absolute Gasteiger partial charge is 0.484 e. The van der Waals surface area contributed by atoms with Crippen molar-refractivity contribution in [3.05, 3.63) is 60.7 Å². The summed E-state index contributed by atoms with van der Waals surface area (Å²) in [4.78, 5) is 23.7. The van der Waals surface area contributed by atoms with Crippen LogP contribution in [-0.2, 0) is 19.4 Å². The van der Waals surface area contributed by atoms with Crippen molar-refractivity contribution in [1.29, 1.82) is 0 Å². The van der Waals surface area contributed by atoms with Gasteiger partial charge >= 0.3 is 0 Å². The van der Waals surface area contributed by atoms with Gasteiger partial charge in [0.25, 0.3) is 5.91 Å². The standard InChI is InChI=1S/C17H16N2O5S/c20-14(11-24-12-7-3-1-4-8-12)18-15-16(21)19-17(15)25(22,23)13-9-5-2-6-10-13/h1-10,15,17H,11H2,(H,18,20)(H,19,21). The lowest BCUT2D eigenvalue weighted by Gasteiger charge is -2.36. The van der Waals surface area contributed by atoms with E-state index in [0.29, 0.717) is 5.75 Å². The fourth-order valence-corrected chi connectivity index (χ4v) is 4.04. The Labute approximate surface area is 144 Å². The molecule has 0 aliphatic carbocycles. The molecule has 130 valence electrons. The van der Waals surface area contributed by atoms with Crippen LogP contribution in [0.4, 0.5) is 0 Å². The quantitative estimate of drug-likeness (QED) is 0.730. The van der Waals surface area contributed by atoms with Gasteiger partial charge in [0.1, 0.15) is 11.8 Å². The van der Waals surface area contributed by atoms with E-state index in [0.717, 1.165) is 0 Å². The van der Waals surface area contributed by atoms with Gasteiger partial charge in [0.2, 0.25) is 15.7 Å². The van der Waals surface area contributed by atoms with Crippen LogP contribution in [0.1, 0.15) is 0 Å². The van der Waals surface area contributed by atoms with E-state index in [2.05, 4.69) is 10.6 Å². The van der Waals surface area contributed by atoms with Crippen molar-refractivity contribution in [3.63, 3.8) is 0 Å². The number of benzene rings is 2. The van der Waals surface area contributed by atoms with Gasteiger partial charge in [-0.05, 0) is 24.3 Å². The Kier molecular flexibility index (Phi) is 4.71. The van der Waals surface area contributed by atoms with E-state index in [9.17, 15) is 18.0 Å². The second-order valence-electron chi connectivity index (χ2n) is 5.43. The molecule has 8 heteroatoms. The first-order valence-electron chi connectivity index (χ1n) is 7.55. The Morgan fingerprint density at radius 3 is 2.24 bits per heavy atom. The van der Waals surface area contributed by atoms with Crippen molar-refractivity contribution in [1.82, 2.24) is 10.6 Å². The van der Waals surface area contributed by atoms with Gasteiger partial charge in [0.05, 0.1) is 4.90 Å². The zero-order valence-electron chi connectivity index (χ0n) is 13.1. The third-order valence-corrected chi connectivity index (χ3v) is 5.69. The molecular weight excluding hydrogens is 344 g/mol. The van der Waals surface area contributed by atoms with E-state index in [1.165, 1.54) is 12.1 Å². The first-order chi connectivity index (χ1) is 12.0. The molecule has 0 saturated carbocycles. The highest BCUT2D eigenvalue weighted by Gasteiger charge is 2.49. The van der Waals surface area contributed by atoms with Gasteiger partial charge in [-0.25, -0.2) is 8.42 Å². The molecule has 1 fully saturated rings. The van der Waals surface area contributed by atoms with E-state index < -0.39 is 33.1 Å². The summed E-state index contributed by atoms with van der Waals surface area (Å²) in [6.07, 6.45) is 0. The Morgan fingerprint density at radius 2 is 1.64 bits per heavy atom. The van der Waals surface area contributed by atoms with Crippen LogP contribution in [0.3, 0.4) is 0 Å². The summed E-state index contributed by atoms with van der Waals surface area (Å²) in [7, 11) is -3.78. The number of ether oxygens (including phenoxy) is 1. The molecule has 0 radical (unpaired) electrons. The first-order valence-corrected chi connectivity index (χ1v) is 9.09. The second kappa shape index (κ2) is 6.94. The van der Waals surface area contributed by atoms with Crippen LogP contribution in [0.25, 0.3) is 0 Å². The summed E-state index contributed by atoms with van der Waals surface area (Å²) in [6.45, 7) is -0.314. The highest BCUT2D eigenvalue weighted by atomic mass is 32.2. The molecule has 2 aromatic carbocycles. The van der Waals surface area contributed by atoms with E-state index in [1.54, 1.807) is 42.5 Å². The van der Waals surface area contributed by atoms with E-state index >= 15 is 0 Å². The molecule has 1 aliphatic heterocycles. The van der Waals surface area contributed by atoms with Crippen LogP contribution in [0.15, 0.2) is 65.6 Å². The number of rotatable bonds is 6. The van der Waals surface area contributed by atoms with Crippen LogP contribution >= 0.6 is 0 Å². The normalized spacial score (nSPS) is 19.4. The Morgan fingerprint density at radius 1 is 1.04 bits per heavy atom. The average molecular weight is 360 g/mol. The Bertz CT molecular complexity index is 868. The lowest BCUT2D eigenvalue weighted by molar-refractivity contribution is -0.135. The molecule has 7 nitrogen and oxygen atoms in total. The molecule has 2 amide bonds. The third kappa shape index (κ3) is 3.63. The predicted octanol–water partition coefficient (Wildman–Crippen LogP) is 0.480. The van der Waals surface area contributed by atoms with Gasteiger partial charge in [0.15, 0.2) is 12.0 Å². The maximum atomic E-state index is 12.5. The van der Waals surface area contributed by atoms with Crippen molar-refractivity contribution in [2.75, 3.05) is 6.61 Å². The summed E-state index contributed by atoms with van der Waals surface area (Å²) >= 11 is 0. The summed E-state index contributed by atoms with van der Waals surface area (Å²) < 4.78 is 30.4. The van der Waals surface area contributed by atoms with Crippen molar-refractivity contribution in [2.24, 2.45) is 0 Å². The number of para-hydroxylation sites is 1. The number of sulfone groups is 1. The maximum absolute atomic E-state index is 12.5. The highest BCUT2D eigenvalue weighted by Crippen LogP contribution is 2.21. The number of hydrogen-bond donors (Lipinski definition) is 2. The van der Waals surface area contributed by atoms with E-state index in [4.69, 9.17) is 4.74 Å². The molecule has 3 rings (SSSR count). The van der Waals surface area contributed by atoms with Gasteiger partial charge in [-0.2, -0.15) is 0 Å². The number of nitrogens with one attached hydrogen (secondary N) is 2. The first kappa shape index (κ1) is 17.0. The monoisotopic (exact) mass is 360 g/mol. The van der Waals surface area contributed by atoms with Crippen molar-refractivity contribution in [2.45, 2.75) is 16.3 Å². The van der Waals surface area contributed by atoms with Crippen molar-refractivity contribution >= 4 is 21.7 Å². The SMILES string of the molecule is O=C(COc1ccccc1)NC1C(=O)NC1S(=O)(=O)c1ccccc1. The fraction of sp³-hybridized carbons (Fsp3) is 0.176. The summed E-state index contributed by atoms with van der Waals surface area (Å²) in [5.74, 6) is -0.612. The number of carbonyl (C=O) groups excluding carboxylic acids is 2. The number of hydrogen-bond acceptors (Lipinski definition) is 5. The van der Waals surface area contributed by atoms with Crippen LogP contribution in [-0.4, -0.2) is 38.3 Å². The van der Waals surface area contributed by atoms with Crippen LogP contribution in [0.2, 0.25) is 0 Å². The second-order valence-corrected chi connectivity index (χ2v) is 7.50. The van der Waals surface area contributed by atoms with Gasteiger partial charge in [-0.15, -0.1) is 0 Å². The third-order valence-electron chi connectivity index (χ3n) is 3.71. The Balaban J connectivity index is 1.63. The highest BCUT2D eigenvalue weighted by molar-refractivity contribution is 7.92. The summed E-state index contributed by atoms with van der Waals surface area (Å²) in [5, 5.41) is 3.54. The van der Waals surface area contributed by atoms with Crippen molar-refractivity contribution < 1.29 is 22.7 Å². The molecule has 2 atom stereocenters. The maximum Gasteiger partial charge on any atom is 0.258 e. The average Bonchev–Trinajstić information content (AvgIpc) is 2.64. The number of β-lactam (4-membered cyclic amide) rings is 1. The van der Waals surface area contributed by atoms with Crippen LogP contribution in [0.5, 0.6) is 5.75 Å². The molecule has 2 aromatic rings. The van der Waals surface area contributed by atoms with E-state index in [-0.39, 0.29) is 11.5 Å². The van der Waals surface area contributed by atoms with Gasteiger partial charge in [-0.3, -0.25) is 9.59 Å². The molecule has 1 aliphatic rings. The molecule has 0 aromatic heterocycles. The minimum atomic E-state index is -3.78. The fourth-order valence-electron chi connectivity index (χ4n) is 2.39. The minimum absolute atomic E-state index is 0.0831. The zero-order chi connectivity index (χ0) is 17.9. The molecule has 0 bridgehead atoms. The van der Waals surface area contributed by atoms with E-state index in [1.807, 2.05) is 6.07 Å². The molecule has 1 saturated heterocycles. The molecule has 2 N–H and O–H groups in total. The molecule has 25 heavy (non-hydrogen) atoms. The summed E-state index contributed by atoms with van der Waals surface area (Å²) in [6, 6.07) is 15.3. The number of carbonyl (C=O) groups is 2. The van der Waals surface area contributed by atoms with Crippen molar-refractivity contribution in [3.8, 4) is 5.75 Å². The molecule has 0 spiro atoms. The molecule has 2 unspecified atom stereocenters. The topological polar surface area (TPSA) is 102 Å². The predicted molar refractivity (Wildman–Crippen MR) is 89.4 cm³/mol. The lowest BCUT2D eigenvalue weighted by Crippen LogP contribution is -2.71. The molecule has 1 heterocycles. The van der Waals surface area contributed by atoms with Gasteiger partial charge in [-0.1, -0.05) is 36.4 Å². The number of amides is 2. The Hall–Kier alpha value is -2.87. The molecular formula is C17H16N2O5S. The smallest absolute Gasteiger partial charge is 0.258 e. The zero-order valence-corrected chi connectivity index (χ0v) is 13.9. The van der Waals surface area contributed by atoms with Crippen LogP contribution in [0, 0.1) is 0 Å². The lowest BCUT2D eigenvalue weighted by atomic mass is 10.1. The van der Waals surface area contributed by atoms with Gasteiger partial charge in [0, 0.05) is 0 Å². The van der Waals surface area contributed by atoms with Gasteiger partial charge < -0.3 is 15.4 Å². The summed E-state index contributed by atoms with van der Waals surface area (Å²) in [5.41, 5.74) is 0. The van der Waals surface area contributed by atoms with Crippen LogP contribution < -0.4 is 15.4 Å². The minimum Gasteiger partial charge on any atom is -0.484 e.